The van der Waals surface area contributed by atoms with Crippen molar-refractivity contribution in [3.8, 4) is 0 Å². The van der Waals surface area contributed by atoms with Gasteiger partial charge in [0.1, 0.15) is 10.7 Å². The van der Waals surface area contributed by atoms with E-state index < -0.39 is 0 Å². The van der Waals surface area contributed by atoms with Gasteiger partial charge < -0.3 is 5.32 Å². The zero-order valence-corrected chi connectivity index (χ0v) is 19.2. The molecule has 0 atom stereocenters. The van der Waals surface area contributed by atoms with Gasteiger partial charge in [-0.25, -0.2) is 9.38 Å². The molecule has 32 heavy (non-hydrogen) atoms. The van der Waals surface area contributed by atoms with E-state index in [1.807, 2.05) is 37.3 Å². The van der Waals surface area contributed by atoms with Gasteiger partial charge in [-0.1, -0.05) is 42.1 Å². The number of nitrogens with zero attached hydrogens (tertiary/aromatic N) is 6. The fourth-order valence-electron chi connectivity index (χ4n) is 4.30. The van der Waals surface area contributed by atoms with Crippen molar-refractivity contribution in [1.82, 2.24) is 34.5 Å². The number of rotatable bonds is 5. The number of thioether (sulfide) groups is 1. The molecule has 1 aliphatic rings. The van der Waals surface area contributed by atoms with E-state index in [0.717, 1.165) is 34.3 Å². The second-order valence-electron chi connectivity index (χ2n) is 7.95. The van der Waals surface area contributed by atoms with Crippen molar-refractivity contribution in [1.29, 1.82) is 0 Å². The molecule has 162 valence electrons. The molecule has 0 aliphatic heterocycles. The molecule has 4 aromatic heterocycles. The monoisotopic (exact) mass is 463 g/mol. The summed E-state index contributed by atoms with van der Waals surface area (Å²) >= 11 is 3.20. The smallest absolute Gasteiger partial charge is 0.260 e. The first kappa shape index (κ1) is 19.7. The quantitative estimate of drug-likeness (QED) is 0.401. The first-order chi connectivity index (χ1) is 15.7. The summed E-state index contributed by atoms with van der Waals surface area (Å²) in [5.74, 6) is 1.59. The van der Waals surface area contributed by atoms with Crippen LogP contribution in [0.5, 0.6) is 0 Å². The summed E-state index contributed by atoms with van der Waals surface area (Å²) in [6, 6.07) is 9.91. The lowest BCUT2D eigenvalue weighted by Crippen LogP contribution is -2.24. The molecule has 1 aromatic carbocycles. The number of hydrogen-bond acceptors (Lipinski definition) is 7. The van der Waals surface area contributed by atoms with Crippen LogP contribution in [0.4, 0.5) is 0 Å². The molecule has 0 radical (unpaired) electrons. The summed E-state index contributed by atoms with van der Waals surface area (Å²) in [6.45, 7) is 2.42. The van der Waals surface area contributed by atoms with E-state index in [1.165, 1.54) is 35.0 Å². The van der Waals surface area contributed by atoms with Crippen LogP contribution >= 0.6 is 23.1 Å². The molecule has 0 bridgehead atoms. The number of carbonyl (C=O) groups is 1. The maximum atomic E-state index is 12.5. The van der Waals surface area contributed by atoms with Crippen LogP contribution in [-0.4, -0.2) is 40.9 Å². The molecular weight excluding hydrogens is 442 g/mol. The highest BCUT2D eigenvalue weighted by Crippen LogP contribution is 2.39. The van der Waals surface area contributed by atoms with Gasteiger partial charge in [-0.15, -0.1) is 26.6 Å². The molecule has 4 heterocycles. The highest BCUT2D eigenvalue weighted by Gasteiger charge is 2.25. The predicted octanol–water partition coefficient (Wildman–Crippen LogP) is 3.58. The molecule has 1 N–H and O–H groups in total. The zero-order valence-electron chi connectivity index (χ0n) is 17.5. The number of carbonyl (C=O) groups excluding carboxylic acids is 1. The third kappa shape index (κ3) is 3.25. The summed E-state index contributed by atoms with van der Waals surface area (Å²) in [7, 11) is 0. The Labute approximate surface area is 192 Å². The Morgan fingerprint density at radius 2 is 2.03 bits per heavy atom. The Balaban J connectivity index is 1.36. The number of amides is 1. The second-order valence-corrected chi connectivity index (χ2v) is 9.98. The highest BCUT2D eigenvalue weighted by molar-refractivity contribution is 7.99. The molecule has 0 saturated carbocycles. The molecular formula is C22H21N7OS2. The molecule has 0 spiro atoms. The Morgan fingerprint density at radius 1 is 1.19 bits per heavy atom. The topological polar surface area (TPSA) is 89.5 Å². The van der Waals surface area contributed by atoms with Crippen LogP contribution in [0.1, 0.15) is 34.7 Å². The van der Waals surface area contributed by atoms with E-state index in [2.05, 4.69) is 25.0 Å². The molecule has 5 aromatic rings. The maximum Gasteiger partial charge on any atom is 0.260 e. The number of aryl methyl sites for hydroxylation is 3. The van der Waals surface area contributed by atoms with Gasteiger partial charge in [0.05, 0.1) is 11.1 Å². The molecule has 1 amide bonds. The van der Waals surface area contributed by atoms with Crippen LogP contribution in [0.25, 0.3) is 21.6 Å². The third-order valence-corrected chi connectivity index (χ3v) is 7.97. The van der Waals surface area contributed by atoms with Crippen molar-refractivity contribution in [3.05, 3.63) is 52.2 Å². The van der Waals surface area contributed by atoms with Crippen LogP contribution in [0.2, 0.25) is 0 Å². The standard InChI is InChI=1S/C22H21N7OS2/c1-13-24-19-18-15-9-5-6-10-16(15)32-20(18)28-21(29(19)27-13)25-26-22(28)31-12-17(30)23-11-14-7-3-2-4-8-14/h2-4,7-8H,5-6,9-12H2,1H3,(H,23,30). The van der Waals surface area contributed by atoms with Gasteiger partial charge in [0.15, 0.2) is 10.8 Å². The van der Waals surface area contributed by atoms with Crippen LogP contribution < -0.4 is 5.32 Å². The van der Waals surface area contributed by atoms with Crippen LogP contribution in [0.15, 0.2) is 35.5 Å². The summed E-state index contributed by atoms with van der Waals surface area (Å²) in [6.07, 6.45) is 4.58. The second kappa shape index (κ2) is 7.86. The van der Waals surface area contributed by atoms with E-state index in [-0.39, 0.29) is 11.7 Å². The van der Waals surface area contributed by atoms with Crippen molar-refractivity contribution in [2.75, 3.05) is 5.75 Å². The fourth-order valence-corrected chi connectivity index (χ4v) is 6.51. The largest absolute Gasteiger partial charge is 0.351 e. The van der Waals surface area contributed by atoms with E-state index in [4.69, 9.17) is 4.98 Å². The Kier molecular flexibility index (Phi) is 4.83. The highest BCUT2D eigenvalue weighted by atomic mass is 32.2. The van der Waals surface area contributed by atoms with Gasteiger partial charge in [0.25, 0.3) is 5.78 Å². The number of thiophene rings is 1. The molecule has 0 saturated heterocycles. The van der Waals surface area contributed by atoms with Gasteiger partial charge in [0, 0.05) is 11.4 Å². The number of benzene rings is 1. The zero-order chi connectivity index (χ0) is 21.7. The van der Waals surface area contributed by atoms with Crippen LogP contribution in [0.3, 0.4) is 0 Å². The lowest BCUT2D eigenvalue weighted by Gasteiger charge is -2.10. The minimum absolute atomic E-state index is 0.0324. The van der Waals surface area contributed by atoms with Gasteiger partial charge in [-0.05, 0) is 43.7 Å². The number of hydrogen-bond donors (Lipinski definition) is 1. The van der Waals surface area contributed by atoms with Gasteiger partial charge in [0.2, 0.25) is 5.91 Å². The van der Waals surface area contributed by atoms with Crippen LogP contribution in [0, 0.1) is 6.92 Å². The minimum Gasteiger partial charge on any atom is -0.351 e. The average molecular weight is 464 g/mol. The Hall–Kier alpha value is -2.98. The molecule has 0 fully saturated rings. The summed E-state index contributed by atoms with van der Waals surface area (Å²) in [5, 5.41) is 18.3. The number of aromatic nitrogens is 6. The first-order valence-corrected chi connectivity index (χ1v) is 12.5. The lowest BCUT2D eigenvalue weighted by molar-refractivity contribution is -0.118. The molecule has 0 unspecified atom stereocenters. The lowest BCUT2D eigenvalue weighted by atomic mass is 9.97. The van der Waals surface area contributed by atoms with Crippen molar-refractivity contribution in [2.24, 2.45) is 0 Å². The van der Waals surface area contributed by atoms with Crippen molar-refractivity contribution in [2.45, 2.75) is 44.3 Å². The van der Waals surface area contributed by atoms with E-state index >= 15 is 0 Å². The molecule has 1 aliphatic carbocycles. The summed E-state index contributed by atoms with van der Waals surface area (Å²) < 4.78 is 3.85. The van der Waals surface area contributed by atoms with Crippen molar-refractivity contribution in [3.63, 3.8) is 0 Å². The summed E-state index contributed by atoms with van der Waals surface area (Å²) in [4.78, 5) is 19.7. The molecule has 8 nitrogen and oxygen atoms in total. The molecule has 6 rings (SSSR count). The Bertz CT molecular complexity index is 1470. The SMILES string of the molecule is Cc1nc2c3c4c(sc3n3c(SCC(=O)NCc5ccccc5)nnc3n2n1)CCCC4. The van der Waals surface area contributed by atoms with Gasteiger partial charge in [-0.2, -0.15) is 4.52 Å². The van der Waals surface area contributed by atoms with Crippen molar-refractivity contribution < 1.29 is 4.79 Å². The first-order valence-electron chi connectivity index (χ1n) is 10.7. The number of fused-ring (bicyclic) bond motifs is 8. The van der Waals surface area contributed by atoms with E-state index in [9.17, 15) is 4.79 Å². The Morgan fingerprint density at radius 3 is 2.91 bits per heavy atom. The summed E-state index contributed by atoms with van der Waals surface area (Å²) in [5.41, 5.74) is 3.32. The third-order valence-electron chi connectivity index (χ3n) is 5.76. The van der Waals surface area contributed by atoms with Crippen LogP contribution in [-0.2, 0) is 24.2 Å². The number of nitrogens with one attached hydrogen (secondary N) is 1. The normalized spacial score (nSPS) is 13.8. The minimum atomic E-state index is -0.0324. The molecule has 10 heteroatoms. The van der Waals surface area contributed by atoms with Gasteiger partial charge >= 0.3 is 0 Å². The average Bonchev–Trinajstić information content (AvgIpc) is 3.50. The van der Waals surface area contributed by atoms with Gasteiger partial charge in [-0.3, -0.25) is 4.79 Å². The maximum absolute atomic E-state index is 12.5. The van der Waals surface area contributed by atoms with E-state index in [1.54, 1.807) is 15.9 Å². The fraction of sp³-hybridized carbons (Fsp3) is 0.318. The van der Waals surface area contributed by atoms with E-state index in [0.29, 0.717) is 23.3 Å². The predicted molar refractivity (Wildman–Crippen MR) is 125 cm³/mol. The van der Waals surface area contributed by atoms with Crippen molar-refractivity contribution >= 4 is 50.6 Å².